The number of hydrogen-bond donors (Lipinski definition) is 5. The largest absolute Gasteiger partial charge is 0.416 e. The van der Waals surface area contributed by atoms with Crippen LogP contribution in [0.4, 0.5) is 42.4 Å². The van der Waals surface area contributed by atoms with E-state index < -0.39 is 17.8 Å². The molecule has 1 atom stereocenters. The molecule has 0 saturated carbocycles. The van der Waals surface area contributed by atoms with Gasteiger partial charge in [0.05, 0.1) is 36.2 Å². The molecule has 0 spiro atoms. The van der Waals surface area contributed by atoms with Gasteiger partial charge < -0.3 is 26.2 Å². The first-order valence-electron chi connectivity index (χ1n) is 13.5. The highest BCUT2D eigenvalue weighted by Crippen LogP contribution is 2.40. The molecule has 44 heavy (non-hydrogen) atoms. The molecule has 0 fully saturated rings. The maximum Gasteiger partial charge on any atom is 0.416 e. The van der Waals surface area contributed by atoms with Gasteiger partial charge in [0, 0.05) is 35.2 Å². The Morgan fingerprint density at radius 3 is 1.91 bits per heavy atom. The Hall–Kier alpha value is -4.17. The number of nitrogens with one attached hydrogen (secondary N) is 3. The van der Waals surface area contributed by atoms with Crippen molar-refractivity contribution in [3.05, 3.63) is 93.5 Å². The Morgan fingerprint density at radius 2 is 1.36 bits per heavy atom. The van der Waals surface area contributed by atoms with Gasteiger partial charge in [0.25, 0.3) is 0 Å². The van der Waals surface area contributed by atoms with Crippen LogP contribution in [0, 0.1) is 0 Å². The fraction of sp³-hybridized carbons (Fsp3) is 0.241. The average Bonchev–Trinajstić information content (AvgIpc) is 3.44. The van der Waals surface area contributed by atoms with E-state index in [2.05, 4.69) is 30.9 Å². The van der Waals surface area contributed by atoms with Gasteiger partial charge in [-0.25, -0.2) is 0 Å². The summed E-state index contributed by atoms with van der Waals surface area (Å²) in [6, 6.07) is 17.0. The van der Waals surface area contributed by atoms with Crippen LogP contribution in [0.1, 0.15) is 29.2 Å². The highest BCUT2D eigenvalue weighted by Gasteiger charge is 2.33. The molecule has 5 N–H and O–H groups in total. The van der Waals surface area contributed by atoms with E-state index in [1.807, 2.05) is 24.3 Å². The summed E-state index contributed by atoms with van der Waals surface area (Å²) >= 11 is 12.5. The smallest absolute Gasteiger partial charge is 0.395 e. The van der Waals surface area contributed by atoms with Gasteiger partial charge in [-0.3, -0.25) is 5.01 Å². The van der Waals surface area contributed by atoms with Crippen LogP contribution in [0.3, 0.4) is 0 Å². The van der Waals surface area contributed by atoms with Crippen LogP contribution in [0.15, 0.2) is 71.8 Å². The number of anilines is 5. The molecule has 1 unspecified atom stereocenters. The fourth-order valence-electron chi connectivity index (χ4n) is 4.55. The minimum atomic E-state index is -4.44. The number of nitrogens with zero attached hydrogens (tertiary/aromatic N) is 5. The van der Waals surface area contributed by atoms with E-state index >= 15 is 0 Å². The van der Waals surface area contributed by atoms with Crippen molar-refractivity contribution in [1.29, 1.82) is 0 Å². The fourth-order valence-corrected chi connectivity index (χ4v) is 5.06. The SMILES string of the molecule is OCCNc1nc(NCCO)nc(Nc2ccc(C3=NN(c4cc(Cl)cc(Cl)c4)C(c4ccc(C(F)(F)F)cc4)C3)cc2)n1. The summed E-state index contributed by atoms with van der Waals surface area (Å²) in [6.07, 6.45) is -4.03. The zero-order valence-electron chi connectivity index (χ0n) is 23.0. The Morgan fingerprint density at radius 1 is 0.795 bits per heavy atom. The molecule has 3 aromatic carbocycles. The summed E-state index contributed by atoms with van der Waals surface area (Å²) in [6.45, 7) is 0.262. The van der Waals surface area contributed by atoms with Crippen molar-refractivity contribution in [3.63, 3.8) is 0 Å². The minimum Gasteiger partial charge on any atom is -0.395 e. The Bertz CT molecular complexity index is 1580. The lowest BCUT2D eigenvalue weighted by atomic mass is 9.97. The van der Waals surface area contributed by atoms with Gasteiger partial charge in [0.1, 0.15) is 0 Å². The topological polar surface area (TPSA) is 131 Å². The molecule has 5 rings (SSSR count). The van der Waals surface area contributed by atoms with Gasteiger partial charge in [-0.15, -0.1) is 0 Å². The van der Waals surface area contributed by atoms with Crippen LogP contribution < -0.4 is 21.0 Å². The Balaban J connectivity index is 1.40. The Labute approximate surface area is 260 Å². The number of alkyl halides is 3. The van der Waals surface area contributed by atoms with Crippen LogP contribution in [0.2, 0.25) is 10.0 Å². The van der Waals surface area contributed by atoms with Crippen molar-refractivity contribution in [2.75, 3.05) is 47.3 Å². The van der Waals surface area contributed by atoms with Gasteiger partial charge >= 0.3 is 6.18 Å². The number of aliphatic hydroxyl groups excluding tert-OH is 2. The van der Waals surface area contributed by atoms with Gasteiger partial charge in [0.2, 0.25) is 17.8 Å². The molecular weight excluding hydrogens is 620 g/mol. The van der Waals surface area contributed by atoms with Gasteiger partial charge in [0.15, 0.2) is 0 Å². The predicted octanol–water partition coefficient (Wildman–Crippen LogP) is 6.10. The first kappa shape index (κ1) is 31.3. The normalized spacial score (nSPS) is 14.8. The molecule has 0 amide bonds. The molecule has 10 nitrogen and oxygen atoms in total. The summed E-state index contributed by atoms with van der Waals surface area (Å²) in [5, 5.41) is 34.5. The Kier molecular flexibility index (Phi) is 9.69. The number of aromatic nitrogens is 3. The third-order valence-electron chi connectivity index (χ3n) is 6.54. The molecule has 2 heterocycles. The van der Waals surface area contributed by atoms with E-state index in [1.54, 1.807) is 23.2 Å². The van der Waals surface area contributed by atoms with Gasteiger partial charge in [-0.2, -0.15) is 33.2 Å². The van der Waals surface area contributed by atoms with Crippen LogP contribution >= 0.6 is 23.2 Å². The van der Waals surface area contributed by atoms with Crippen LogP contribution in [-0.4, -0.2) is 57.2 Å². The molecule has 230 valence electrons. The summed E-state index contributed by atoms with van der Waals surface area (Å²) < 4.78 is 39.6. The summed E-state index contributed by atoms with van der Waals surface area (Å²) in [5.74, 6) is 0.715. The average molecular weight is 647 g/mol. The third kappa shape index (κ3) is 7.66. The monoisotopic (exact) mass is 646 g/mol. The third-order valence-corrected chi connectivity index (χ3v) is 6.98. The molecule has 0 radical (unpaired) electrons. The molecule has 1 aliphatic heterocycles. The maximum atomic E-state index is 13.2. The molecule has 4 aromatic rings. The second kappa shape index (κ2) is 13.6. The number of benzene rings is 3. The highest BCUT2D eigenvalue weighted by molar-refractivity contribution is 6.35. The maximum absolute atomic E-state index is 13.2. The van der Waals surface area contributed by atoms with Crippen LogP contribution in [-0.2, 0) is 6.18 Å². The number of aliphatic hydroxyl groups is 2. The van der Waals surface area contributed by atoms with Gasteiger partial charge in [-0.05, 0) is 53.6 Å². The van der Waals surface area contributed by atoms with Crippen molar-refractivity contribution in [2.45, 2.75) is 18.6 Å². The number of hydrazone groups is 1. The van der Waals surface area contributed by atoms with E-state index in [0.29, 0.717) is 39.1 Å². The number of hydrogen-bond acceptors (Lipinski definition) is 10. The van der Waals surface area contributed by atoms with Crippen molar-refractivity contribution in [1.82, 2.24) is 15.0 Å². The summed E-state index contributed by atoms with van der Waals surface area (Å²) in [5.41, 5.74) is 2.70. The molecule has 0 saturated heterocycles. The molecule has 15 heteroatoms. The second-order valence-electron chi connectivity index (χ2n) is 9.67. The van der Waals surface area contributed by atoms with E-state index in [9.17, 15) is 13.2 Å². The van der Waals surface area contributed by atoms with Crippen molar-refractivity contribution in [2.24, 2.45) is 5.10 Å². The standard InChI is InChI=1S/C29H27Cl2F3N8O2/c30-20-13-21(31)15-23(14-20)42-25(18-1-5-19(6-2-18)29(32,33)34)16-24(41-42)17-3-7-22(8-4-17)37-28-39-26(35-9-11-43)38-27(40-28)36-10-12-44/h1-8,13-15,25,43-44H,9-12,16H2,(H3,35,36,37,38,39,40). The molecular formula is C29H27Cl2F3N8O2. The van der Waals surface area contributed by atoms with Crippen LogP contribution in [0.5, 0.6) is 0 Å². The predicted molar refractivity (Wildman–Crippen MR) is 165 cm³/mol. The lowest BCUT2D eigenvalue weighted by Gasteiger charge is -2.24. The van der Waals surface area contributed by atoms with Crippen LogP contribution in [0.25, 0.3) is 0 Å². The lowest BCUT2D eigenvalue weighted by molar-refractivity contribution is -0.137. The minimum absolute atomic E-state index is 0.110. The van der Waals surface area contributed by atoms with Crippen molar-refractivity contribution in [3.8, 4) is 0 Å². The van der Waals surface area contributed by atoms with E-state index in [1.165, 1.54) is 12.1 Å². The quantitative estimate of drug-likeness (QED) is 0.131. The van der Waals surface area contributed by atoms with Crippen molar-refractivity contribution >= 4 is 58.1 Å². The van der Waals surface area contributed by atoms with E-state index in [4.69, 9.17) is 38.5 Å². The molecule has 1 aliphatic rings. The summed E-state index contributed by atoms with van der Waals surface area (Å²) in [4.78, 5) is 12.8. The highest BCUT2D eigenvalue weighted by atomic mass is 35.5. The first-order chi connectivity index (χ1) is 21.1. The van der Waals surface area contributed by atoms with E-state index in [-0.39, 0.29) is 44.1 Å². The second-order valence-corrected chi connectivity index (χ2v) is 10.5. The zero-order chi connectivity index (χ0) is 31.3. The summed E-state index contributed by atoms with van der Waals surface area (Å²) in [7, 11) is 0. The number of rotatable bonds is 11. The zero-order valence-corrected chi connectivity index (χ0v) is 24.5. The first-order valence-corrected chi connectivity index (χ1v) is 14.2. The number of halogens is 5. The molecule has 0 bridgehead atoms. The van der Waals surface area contributed by atoms with Crippen molar-refractivity contribution < 1.29 is 23.4 Å². The molecule has 0 aliphatic carbocycles. The van der Waals surface area contributed by atoms with Gasteiger partial charge in [-0.1, -0.05) is 47.5 Å². The molecule has 1 aromatic heterocycles. The lowest BCUT2D eigenvalue weighted by Crippen LogP contribution is -2.19. The van der Waals surface area contributed by atoms with E-state index in [0.717, 1.165) is 17.7 Å².